The fourth-order valence-electron chi connectivity index (χ4n) is 1.09. The molecule has 0 aromatic carbocycles. The van der Waals surface area contributed by atoms with E-state index in [1.165, 1.54) is 7.11 Å². The molecule has 78 valence electrons. The van der Waals surface area contributed by atoms with E-state index in [1.54, 1.807) is 18.9 Å². The first-order valence-corrected chi connectivity index (χ1v) is 4.09. The Kier molecular flexibility index (Phi) is 5.61. The molecule has 0 aliphatic carbocycles. The lowest BCUT2D eigenvalue weighted by atomic mass is 10.2. The number of hydrogen-bond donors (Lipinski definition) is 2. The van der Waals surface area contributed by atoms with Gasteiger partial charge in [-0.25, -0.2) is 0 Å². The van der Waals surface area contributed by atoms with E-state index < -0.39 is 18.1 Å². The Morgan fingerprint density at radius 1 is 1.62 bits per heavy atom. The minimum atomic E-state index is -0.940. The van der Waals surface area contributed by atoms with E-state index in [9.17, 15) is 4.79 Å². The van der Waals surface area contributed by atoms with Crippen molar-refractivity contribution in [1.29, 1.82) is 0 Å². The van der Waals surface area contributed by atoms with Gasteiger partial charge in [-0.1, -0.05) is 0 Å². The second-order valence-corrected chi connectivity index (χ2v) is 3.10. The normalized spacial score (nSPS) is 15.8. The lowest BCUT2D eigenvalue weighted by Crippen LogP contribution is -2.44. The van der Waals surface area contributed by atoms with E-state index in [1.807, 2.05) is 0 Å². The average Bonchev–Trinajstić information content (AvgIpc) is 1.97. The molecule has 0 saturated carbocycles. The highest BCUT2D eigenvalue weighted by Crippen LogP contribution is 1.99. The minimum Gasteiger partial charge on any atom is -0.480 e. The van der Waals surface area contributed by atoms with Gasteiger partial charge in [-0.3, -0.25) is 9.69 Å². The molecule has 0 amide bonds. The predicted molar refractivity (Wildman–Crippen MR) is 47.6 cm³/mol. The van der Waals surface area contributed by atoms with Gasteiger partial charge in [0.15, 0.2) is 0 Å². The molecule has 0 aromatic rings. The molecule has 0 fully saturated rings. The van der Waals surface area contributed by atoms with Gasteiger partial charge in [0.05, 0.1) is 12.7 Å². The molecule has 0 rings (SSSR count). The van der Waals surface area contributed by atoms with Gasteiger partial charge in [0.25, 0.3) is 0 Å². The Morgan fingerprint density at radius 2 is 2.15 bits per heavy atom. The molecule has 0 radical (unpaired) electrons. The molecule has 0 aliphatic heterocycles. The summed E-state index contributed by atoms with van der Waals surface area (Å²) in [7, 11) is 3.09. The molecule has 5 heteroatoms. The highest BCUT2D eigenvalue weighted by Gasteiger charge is 2.22. The lowest BCUT2D eigenvalue weighted by molar-refractivity contribution is -0.145. The Balaban J connectivity index is 4.10. The van der Waals surface area contributed by atoms with Gasteiger partial charge < -0.3 is 14.9 Å². The Bertz CT molecular complexity index is 160. The zero-order chi connectivity index (χ0) is 10.4. The second-order valence-electron chi connectivity index (χ2n) is 3.10. The summed E-state index contributed by atoms with van der Waals surface area (Å²) in [6.07, 6.45) is -0.538. The van der Waals surface area contributed by atoms with Crippen LogP contribution in [0.15, 0.2) is 0 Å². The number of ether oxygens (including phenoxy) is 1. The van der Waals surface area contributed by atoms with Gasteiger partial charge in [-0.15, -0.1) is 0 Å². The van der Waals surface area contributed by atoms with Crippen molar-refractivity contribution in [2.24, 2.45) is 0 Å². The van der Waals surface area contributed by atoms with Crippen molar-refractivity contribution >= 4 is 5.97 Å². The van der Waals surface area contributed by atoms with Crippen LogP contribution in [-0.2, 0) is 9.53 Å². The van der Waals surface area contributed by atoms with Crippen LogP contribution in [0.1, 0.15) is 6.92 Å². The highest BCUT2D eigenvalue weighted by atomic mass is 16.5. The van der Waals surface area contributed by atoms with E-state index >= 15 is 0 Å². The van der Waals surface area contributed by atoms with Crippen LogP contribution < -0.4 is 0 Å². The van der Waals surface area contributed by atoms with Crippen molar-refractivity contribution in [3.63, 3.8) is 0 Å². The fraction of sp³-hybridized carbons (Fsp3) is 0.875. The number of hydrogen-bond acceptors (Lipinski definition) is 4. The second kappa shape index (κ2) is 5.90. The number of rotatable bonds is 6. The Labute approximate surface area is 77.9 Å². The zero-order valence-corrected chi connectivity index (χ0v) is 8.23. The lowest BCUT2D eigenvalue weighted by Gasteiger charge is -2.24. The number of carboxylic acids is 1. The van der Waals surface area contributed by atoms with Crippen molar-refractivity contribution in [2.75, 3.05) is 27.3 Å². The van der Waals surface area contributed by atoms with Crippen molar-refractivity contribution in [3.8, 4) is 0 Å². The molecule has 0 heterocycles. The molecule has 2 unspecified atom stereocenters. The number of carbonyl (C=O) groups is 1. The van der Waals surface area contributed by atoms with E-state index in [0.717, 1.165) is 0 Å². The van der Waals surface area contributed by atoms with Crippen LogP contribution in [0.25, 0.3) is 0 Å². The predicted octanol–water partition coefficient (Wildman–Crippen LogP) is -0.601. The standard InChI is InChI=1S/C8H17NO4/c1-6(10)4-9(2)7(5-13-3)8(11)12/h6-7,10H,4-5H2,1-3H3,(H,11,12). The van der Waals surface area contributed by atoms with Crippen molar-refractivity contribution < 1.29 is 19.7 Å². The number of aliphatic carboxylic acids is 1. The van der Waals surface area contributed by atoms with Gasteiger partial charge in [0.2, 0.25) is 0 Å². The topological polar surface area (TPSA) is 70.0 Å². The summed E-state index contributed by atoms with van der Waals surface area (Å²) in [4.78, 5) is 12.3. The van der Waals surface area contributed by atoms with E-state index in [0.29, 0.717) is 6.54 Å². The quantitative estimate of drug-likeness (QED) is 0.586. The third-order valence-corrected chi connectivity index (χ3v) is 1.69. The molecular weight excluding hydrogens is 174 g/mol. The molecule has 0 aromatic heterocycles. The van der Waals surface area contributed by atoms with Crippen LogP contribution >= 0.6 is 0 Å². The number of carboxylic acid groups (broad SMARTS) is 1. The number of nitrogens with zero attached hydrogens (tertiary/aromatic N) is 1. The van der Waals surface area contributed by atoms with Crippen LogP contribution in [0.4, 0.5) is 0 Å². The van der Waals surface area contributed by atoms with Crippen LogP contribution in [0.5, 0.6) is 0 Å². The monoisotopic (exact) mass is 191 g/mol. The van der Waals surface area contributed by atoms with Crippen LogP contribution in [0.3, 0.4) is 0 Å². The number of methoxy groups -OCH3 is 1. The third-order valence-electron chi connectivity index (χ3n) is 1.69. The minimum absolute atomic E-state index is 0.124. The summed E-state index contributed by atoms with van der Waals surface area (Å²) in [5, 5.41) is 17.8. The molecular formula is C8H17NO4. The molecule has 0 bridgehead atoms. The molecule has 0 saturated heterocycles. The fourth-order valence-corrected chi connectivity index (χ4v) is 1.09. The van der Waals surface area contributed by atoms with Crippen LogP contribution in [0, 0.1) is 0 Å². The molecule has 13 heavy (non-hydrogen) atoms. The van der Waals surface area contributed by atoms with E-state index in [-0.39, 0.29) is 6.61 Å². The first-order chi connectivity index (χ1) is 5.99. The van der Waals surface area contributed by atoms with Gasteiger partial charge >= 0.3 is 5.97 Å². The van der Waals surface area contributed by atoms with Crippen molar-refractivity contribution in [3.05, 3.63) is 0 Å². The number of likely N-dealkylation sites (N-methyl/N-ethyl adjacent to an activating group) is 1. The van der Waals surface area contributed by atoms with Gasteiger partial charge in [-0.2, -0.15) is 0 Å². The molecule has 0 aliphatic rings. The van der Waals surface area contributed by atoms with E-state index in [2.05, 4.69) is 0 Å². The Hall–Kier alpha value is -0.650. The summed E-state index contributed by atoms with van der Waals surface area (Å²) in [5.41, 5.74) is 0. The largest absolute Gasteiger partial charge is 0.480 e. The molecule has 2 N–H and O–H groups in total. The average molecular weight is 191 g/mol. The van der Waals surface area contributed by atoms with Crippen LogP contribution in [0.2, 0.25) is 0 Å². The SMILES string of the molecule is COCC(C(=O)O)N(C)CC(C)O. The zero-order valence-electron chi connectivity index (χ0n) is 8.23. The maximum atomic E-state index is 10.7. The molecule has 0 spiro atoms. The summed E-state index contributed by atoms with van der Waals surface area (Å²) in [6, 6.07) is -0.695. The summed E-state index contributed by atoms with van der Waals surface area (Å²) in [6.45, 7) is 2.06. The first-order valence-electron chi connectivity index (χ1n) is 4.09. The van der Waals surface area contributed by atoms with Crippen LogP contribution in [-0.4, -0.2) is 60.5 Å². The van der Waals surface area contributed by atoms with Gasteiger partial charge in [0.1, 0.15) is 6.04 Å². The van der Waals surface area contributed by atoms with Gasteiger partial charge in [0, 0.05) is 13.7 Å². The first kappa shape index (κ1) is 12.3. The molecule has 2 atom stereocenters. The highest BCUT2D eigenvalue weighted by molar-refractivity contribution is 5.73. The van der Waals surface area contributed by atoms with Crippen molar-refractivity contribution in [2.45, 2.75) is 19.1 Å². The number of aliphatic hydroxyl groups is 1. The summed E-state index contributed by atoms with van der Waals surface area (Å²) >= 11 is 0. The molecule has 5 nitrogen and oxygen atoms in total. The summed E-state index contributed by atoms with van der Waals surface area (Å²) in [5.74, 6) is -0.940. The Morgan fingerprint density at radius 3 is 2.46 bits per heavy atom. The van der Waals surface area contributed by atoms with E-state index in [4.69, 9.17) is 14.9 Å². The smallest absolute Gasteiger partial charge is 0.323 e. The third kappa shape index (κ3) is 4.82. The maximum absolute atomic E-state index is 10.7. The van der Waals surface area contributed by atoms with Crippen molar-refractivity contribution in [1.82, 2.24) is 4.90 Å². The number of aliphatic hydroxyl groups excluding tert-OH is 1. The maximum Gasteiger partial charge on any atom is 0.323 e. The summed E-state index contributed by atoms with van der Waals surface area (Å²) < 4.78 is 4.76. The van der Waals surface area contributed by atoms with Gasteiger partial charge in [-0.05, 0) is 14.0 Å².